The second-order valence-electron chi connectivity index (χ2n) is 1.50. The Morgan fingerprint density at radius 3 is 2.50 bits per heavy atom. The summed E-state index contributed by atoms with van der Waals surface area (Å²) in [6.07, 6.45) is 3.19. The van der Waals surface area contributed by atoms with Crippen molar-refractivity contribution < 1.29 is 4.84 Å². The van der Waals surface area contributed by atoms with Crippen LogP contribution in [0.3, 0.4) is 0 Å². The summed E-state index contributed by atoms with van der Waals surface area (Å²) >= 11 is 0. The maximum absolute atomic E-state index is 5.10. The third-order valence-corrected chi connectivity index (χ3v) is 0.834. The molecule has 0 atom stereocenters. The van der Waals surface area contributed by atoms with E-state index in [0.29, 0.717) is 5.76 Å². The summed E-state index contributed by atoms with van der Waals surface area (Å²) in [5.41, 5.74) is 5.10. The molecule has 0 aliphatic rings. The highest BCUT2D eigenvalue weighted by molar-refractivity contribution is 4.87. The zero-order valence-corrected chi connectivity index (χ0v) is 5.05. The molecule has 0 radical (unpaired) electrons. The van der Waals surface area contributed by atoms with Gasteiger partial charge < -0.3 is 10.6 Å². The summed E-state index contributed by atoms with van der Waals surface area (Å²) in [6.45, 7) is 2.03. The molecule has 8 heavy (non-hydrogen) atoms. The van der Waals surface area contributed by atoms with Crippen LogP contribution in [0.4, 0.5) is 0 Å². The van der Waals surface area contributed by atoms with E-state index in [9.17, 15) is 0 Å². The van der Waals surface area contributed by atoms with Crippen LogP contribution in [-0.2, 0) is 4.84 Å². The molecule has 0 aliphatic carbocycles. The molecule has 4 N–H and O–H groups in total. The van der Waals surface area contributed by atoms with Gasteiger partial charge in [-0.15, -0.1) is 0 Å². The second kappa shape index (κ2) is 4.46. The molecule has 0 saturated carbocycles. The minimum absolute atomic E-state index is 0.646. The summed E-state index contributed by atoms with van der Waals surface area (Å²) in [5, 5.41) is 0. The summed E-state index contributed by atoms with van der Waals surface area (Å²) in [5.74, 6) is 5.47. The van der Waals surface area contributed by atoms with Gasteiger partial charge in [-0.1, -0.05) is 6.92 Å². The van der Waals surface area contributed by atoms with E-state index in [2.05, 4.69) is 4.84 Å². The first kappa shape index (κ1) is 7.30. The maximum Gasteiger partial charge on any atom is 0.139 e. The lowest BCUT2D eigenvalue weighted by Gasteiger charge is -1.98. The Hall–Kier alpha value is -0.700. The molecule has 0 unspecified atom stereocenters. The van der Waals surface area contributed by atoms with Crippen molar-refractivity contribution in [2.75, 3.05) is 0 Å². The van der Waals surface area contributed by atoms with Gasteiger partial charge >= 0.3 is 0 Å². The molecule has 0 amide bonds. The van der Waals surface area contributed by atoms with Gasteiger partial charge in [0.05, 0.1) is 0 Å². The Morgan fingerprint density at radius 1 is 1.75 bits per heavy atom. The minimum atomic E-state index is 0.646. The lowest BCUT2D eigenvalue weighted by atomic mass is 10.3. The van der Waals surface area contributed by atoms with Crippen LogP contribution in [0.5, 0.6) is 0 Å². The molecule has 3 heteroatoms. The van der Waals surface area contributed by atoms with Crippen LogP contribution < -0.4 is 11.6 Å². The van der Waals surface area contributed by atoms with E-state index in [-0.39, 0.29) is 0 Å². The van der Waals surface area contributed by atoms with E-state index < -0.39 is 0 Å². The van der Waals surface area contributed by atoms with E-state index in [4.69, 9.17) is 11.6 Å². The van der Waals surface area contributed by atoms with Crippen molar-refractivity contribution in [1.82, 2.24) is 0 Å². The third-order valence-electron chi connectivity index (χ3n) is 0.834. The van der Waals surface area contributed by atoms with Gasteiger partial charge in [0.1, 0.15) is 5.76 Å². The Bertz CT molecular complexity index is 80.5. The summed E-state index contributed by atoms with van der Waals surface area (Å²) in [4.78, 5) is 4.38. The first-order chi connectivity index (χ1) is 3.85. The predicted octanol–water partition coefficient (Wildman–Crippen LogP) is 0.477. The minimum Gasteiger partial charge on any atom is -0.414 e. The smallest absolute Gasteiger partial charge is 0.139 e. The molecule has 3 nitrogen and oxygen atoms in total. The first-order valence-corrected chi connectivity index (χ1v) is 2.62. The Morgan fingerprint density at radius 2 is 2.38 bits per heavy atom. The number of rotatable bonds is 3. The highest BCUT2D eigenvalue weighted by atomic mass is 16.6. The molecule has 0 fully saturated rings. The van der Waals surface area contributed by atoms with Gasteiger partial charge in [0.2, 0.25) is 0 Å². The van der Waals surface area contributed by atoms with E-state index in [1.807, 2.05) is 6.92 Å². The molecule has 0 spiro atoms. The van der Waals surface area contributed by atoms with Crippen LogP contribution in [0.2, 0.25) is 0 Å². The van der Waals surface area contributed by atoms with Gasteiger partial charge in [0.15, 0.2) is 0 Å². The fourth-order valence-electron chi connectivity index (χ4n) is 0.428. The van der Waals surface area contributed by atoms with Gasteiger partial charge in [-0.25, -0.2) is 0 Å². The zero-order chi connectivity index (χ0) is 6.41. The molecule has 0 saturated heterocycles. The Kier molecular flexibility index (Phi) is 4.07. The summed E-state index contributed by atoms with van der Waals surface area (Å²) < 4.78 is 0. The number of nitrogens with two attached hydrogens (primary N) is 2. The van der Waals surface area contributed by atoms with Crippen LogP contribution in [0.25, 0.3) is 0 Å². The van der Waals surface area contributed by atoms with Crippen molar-refractivity contribution in [1.29, 1.82) is 0 Å². The molecule has 0 heterocycles. The predicted molar refractivity (Wildman–Crippen MR) is 32.5 cm³/mol. The van der Waals surface area contributed by atoms with Crippen LogP contribution in [0.15, 0.2) is 12.0 Å². The molecular weight excluding hydrogens is 104 g/mol. The van der Waals surface area contributed by atoms with E-state index in [1.54, 1.807) is 0 Å². The fraction of sp³-hybridized carbons (Fsp3) is 0.600. The number of hydrogen-bond donors (Lipinski definition) is 2. The normalized spacial score (nSPS) is 11.5. The summed E-state index contributed by atoms with van der Waals surface area (Å²) in [7, 11) is 0. The van der Waals surface area contributed by atoms with Crippen molar-refractivity contribution in [2.45, 2.75) is 19.8 Å². The van der Waals surface area contributed by atoms with Gasteiger partial charge in [0, 0.05) is 12.6 Å². The Balaban J connectivity index is 3.38. The molecule has 0 rings (SSSR count). The number of allylic oxidation sites excluding steroid dienone is 1. The third kappa shape index (κ3) is 2.47. The van der Waals surface area contributed by atoms with Crippen LogP contribution in [0.1, 0.15) is 19.8 Å². The second-order valence-corrected chi connectivity index (χ2v) is 1.50. The van der Waals surface area contributed by atoms with E-state index >= 15 is 0 Å². The van der Waals surface area contributed by atoms with Crippen molar-refractivity contribution >= 4 is 0 Å². The fourth-order valence-corrected chi connectivity index (χ4v) is 0.428. The monoisotopic (exact) mass is 116 g/mol. The quantitative estimate of drug-likeness (QED) is 0.416. The average Bonchev–Trinajstić information content (AvgIpc) is 1.83. The van der Waals surface area contributed by atoms with E-state index in [0.717, 1.165) is 12.8 Å². The zero-order valence-electron chi connectivity index (χ0n) is 5.05. The highest BCUT2D eigenvalue weighted by Gasteiger charge is 1.89. The lowest BCUT2D eigenvalue weighted by molar-refractivity contribution is 0.208. The number of hydrogen-bond acceptors (Lipinski definition) is 3. The van der Waals surface area contributed by atoms with Crippen molar-refractivity contribution in [3.8, 4) is 0 Å². The molecule has 0 aromatic rings. The Labute approximate surface area is 49.3 Å². The van der Waals surface area contributed by atoms with Crippen molar-refractivity contribution in [3.05, 3.63) is 12.0 Å². The standard InChI is InChI=1S/C5H12N2O/c1-2-3-5(4-6)8-7/h4H,2-3,6-7H2,1H3/b5-4-. The van der Waals surface area contributed by atoms with Crippen LogP contribution >= 0.6 is 0 Å². The van der Waals surface area contributed by atoms with Crippen LogP contribution in [0, 0.1) is 0 Å². The molecule has 0 bridgehead atoms. The molecule has 0 aliphatic heterocycles. The largest absolute Gasteiger partial charge is 0.414 e. The molecule has 0 aromatic heterocycles. The maximum atomic E-state index is 5.10. The van der Waals surface area contributed by atoms with Gasteiger partial charge in [0.25, 0.3) is 0 Å². The first-order valence-electron chi connectivity index (χ1n) is 2.62. The topological polar surface area (TPSA) is 61.3 Å². The lowest BCUT2D eigenvalue weighted by Crippen LogP contribution is -2.00. The van der Waals surface area contributed by atoms with E-state index in [1.165, 1.54) is 6.20 Å². The molecular formula is C5H12N2O. The average molecular weight is 116 g/mol. The summed E-state index contributed by atoms with van der Waals surface area (Å²) in [6, 6.07) is 0. The molecule has 48 valence electrons. The van der Waals surface area contributed by atoms with Gasteiger partial charge in [-0.05, 0) is 6.42 Å². The van der Waals surface area contributed by atoms with Gasteiger partial charge in [-0.2, -0.15) is 5.90 Å². The van der Waals surface area contributed by atoms with Crippen LogP contribution in [-0.4, -0.2) is 0 Å². The van der Waals surface area contributed by atoms with Gasteiger partial charge in [-0.3, -0.25) is 0 Å². The SMILES string of the molecule is CCC/C(=C/N)ON. The molecule has 0 aromatic carbocycles. The highest BCUT2D eigenvalue weighted by Crippen LogP contribution is 1.99. The van der Waals surface area contributed by atoms with Crippen molar-refractivity contribution in [3.63, 3.8) is 0 Å². The van der Waals surface area contributed by atoms with Crippen molar-refractivity contribution in [2.24, 2.45) is 11.6 Å².